The normalized spacial score (nSPS) is 10.0. The molecular formula is C15H14N4O7. The van der Waals surface area contributed by atoms with Gasteiger partial charge in [-0.15, -0.1) is 0 Å². The number of non-ortho nitro benzene ring substituents is 2. The van der Waals surface area contributed by atoms with Crippen LogP contribution in [-0.2, 0) is 11.3 Å². The molecule has 26 heavy (non-hydrogen) atoms. The number of benzene rings is 2. The Bertz CT molecular complexity index is 823. The number of carbonyl (C=O) groups is 1. The molecule has 0 bridgehead atoms. The van der Waals surface area contributed by atoms with Crippen LogP contribution in [0.2, 0.25) is 0 Å². The highest BCUT2D eigenvalue weighted by atomic mass is 16.6. The first-order chi connectivity index (χ1) is 12.4. The highest BCUT2D eigenvalue weighted by molar-refractivity contribution is 5.84. The summed E-state index contributed by atoms with van der Waals surface area (Å²) in [7, 11) is 0. The minimum Gasteiger partial charge on any atom is -0.478 e. The van der Waals surface area contributed by atoms with Gasteiger partial charge in [-0.05, 0) is 18.2 Å². The van der Waals surface area contributed by atoms with E-state index in [0.717, 1.165) is 0 Å². The van der Waals surface area contributed by atoms with Gasteiger partial charge in [0.25, 0.3) is 11.4 Å². The molecule has 0 aliphatic carbocycles. The zero-order chi connectivity index (χ0) is 19.1. The fraction of sp³-hybridized carbons (Fsp3) is 0.133. The van der Waals surface area contributed by atoms with Gasteiger partial charge in [-0.3, -0.25) is 31.3 Å². The highest BCUT2D eigenvalue weighted by Crippen LogP contribution is 2.25. The van der Waals surface area contributed by atoms with Crippen molar-refractivity contribution < 1.29 is 24.1 Å². The minimum absolute atomic E-state index is 0.113. The van der Waals surface area contributed by atoms with E-state index in [0.29, 0.717) is 11.3 Å². The largest absolute Gasteiger partial charge is 0.478 e. The monoisotopic (exact) mass is 362 g/mol. The number of nitrogens with zero attached hydrogens (tertiary/aromatic N) is 2. The number of hydrogen-bond acceptors (Lipinski definition) is 8. The van der Waals surface area contributed by atoms with Crippen LogP contribution in [-0.4, -0.2) is 22.7 Å². The van der Waals surface area contributed by atoms with Crippen LogP contribution in [0.25, 0.3) is 0 Å². The average molecular weight is 362 g/mol. The molecule has 2 aromatic rings. The third kappa shape index (κ3) is 4.88. The lowest BCUT2D eigenvalue weighted by molar-refractivity contribution is -0.385. The number of rotatable bonds is 7. The van der Waals surface area contributed by atoms with E-state index in [-0.39, 0.29) is 30.5 Å². The van der Waals surface area contributed by atoms with Crippen molar-refractivity contribution in [2.75, 3.05) is 12.0 Å². The standard InChI is InChI=1S/C15H14N4O7/c16-9-26-14-7-13(19(23)24)4-1-10(14)8-25-15(20)17-11-2-5-12(6-3-11)18(21)22/h1-7H,8-9,16H2,(H,17,20). The summed E-state index contributed by atoms with van der Waals surface area (Å²) in [4.78, 5) is 32.0. The molecule has 0 radical (unpaired) electrons. The van der Waals surface area contributed by atoms with E-state index in [1.165, 1.54) is 42.5 Å². The maximum absolute atomic E-state index is 11.8. The van der Waals surface area contributed by atoms with E-state index >= 15 is 0 Å². The van der Waals surface area contributed by atoms with Gasteiger partial charge >= 0.3 is 6.09 Å². The molecule has 2 aromatic carbocycles. The smallest absolute Gasteiger partial charge is 0.411 e. The van der Waals surface area contributed by atoms with E-state index in [1.807, 2.05) is 0 Å². The van der Waals surface area contributed by atoms with E-state index in [2.05, 4.69) is 5.32 Å². The Morgan fingerprint density at radius 1 is 1.04 bits per heavy atom. The van der Waals surface area contributed by atoms with Gasteiger partial charge in [0.2, 0.25) is 0 Å². The Labute approximate surface area is 146 Å². The van der Waals surface area contributed by atoms with Crippen molar-refractivity contribution >= 4 is 23.2 Å². The molecule has 0 atom stereocenters. The molecule has 0 unspecified atom stereocenters. The summed E-state index contributed by atoms with van der Waals surface area (Å²) in [5.74, 6) is 0.129. The molecule has 0 spiro atoms. The molecule has 0 aromatic heterocycles. The zero-order valence-electron chi connectivity index (χ0n) is 13.3. The summed E-state index contributed by atoms with van der Waals surface area (Å²) in [6.07, 6.45) is -0.809. The Morgan fingerprint density at radius 2 is 1.65 bits per heavy atom. The number of nitrogens with one attached hydrogen (secondary N) is 1. The Hall–Kier alpha value is -3.73. The number of anilines is 1. The van der Waals surface area contributed by atoms with Crippen molar-refractivity contribution in [3.05, 3.63) is 68.3 Å². The second-order valence-electron chi connectivity index (χ2n) is 4.87. The predicted molar refractivity (Wildman–Crippen MR) is 89.7 cm³/mol. The van der Waals surface area contributed by atoms with Crippen LogP contribution in [0, 0.1) is 20.2 Å². The SMILES string of the molecule is NCOc1cc([N+](=O)[O-])ccc1COC(=O)Nc1ccc([N+](=O)[O-])cc1. The number of nitro groups is 2. The minimum atomic E-state index is -0.809. The van der Waals surface area contributed by atoms with Crippen LogP contribution in [0.15, 0.2) is 42.5 Å². The molecule has 0 aliphatic rings. The van der Waals surface area contributed by atoms with Gasteiger partial charge in [-0.1, -0.05) is 0 Å². The molecule has 1 amide bonds. The number of nitro benzene ring substituents is 2. The van der Waals surface area contributed by atoms with E-state index < -0.39 is 15.9 Å². The van der Waals surface area contributed by atoms with Crippen LogP contribution < -0.4 is 15.8 Å². The van der Waals surface area contributed by atoms with E-state index in [9.17, 15) is 25.0 Å². The van der Waals surface area contributed by atoms with Crippen LogP contribution in [0.5, 0.6) is 5.75 Å². The molecule has 0 saturated carbocycles. The van der Waals surface area contributed by atoms with Crippen LogP contribution in [0.1, 0.15) is 5.56 Å². The first-order valence-corrected chi connectivity index (χ1v) is 7.19. The highest BCUT2D eigenvalue weighted by Gasteiger charge is 2.14. The van der Waals surface area contributed by atoms with Gasteiger partial charge in [-0.2, -0.15) is 0 Å². The third-order valence-corrected chi connectivity index (χ3v) is 3.18. The number of nitrogens with two attached hydrogens (primary N) is 1. The van der Waals surface area contributed by atoms with Gasteiger partial charge in [-0.25, -0.2) is 4.79 Å². The van der Waals surface area contributed by atoms with Gasteiger partial charge in [0.1, 0.15) is 19.1 Å². The molecule has 0 heterocycles. The second kappa shape index (κ2) is 8.39. The number of carbonyl (C=O) groups excluding carboxylic acids is 1. The number of amides is 1. The summed E-state index contributed by atoms with van der Waals surface area (Å²) in [5.41, 5.74) is 5.68. The van der Waals surface area contributed by atoms with Gasteiger partial charge in [0.15, 0.2) is 0 Å². The summed E-state index contributed by atoms with van der Waals surface area (Å²) in [6.45, 7) is -0.421. The van der Waals surface area contributed by atoms with E-state index in [1.54, 1.807) is 0 Å². The molecule has 0 saturated heterocycles. The maximum atomic E-state index is 11.8. The molecule has 11 nitrogen and oxygen atoms in total. The first-order valence-electron chi connectivity index (χ1n) is 7.19. The Kier molecular flexibility index (Phi) is 6.01. The van der Waals surface area contributed by atoms with Crippen molar-refractivity contribution in [2.24, 2.45) is 5.73 Å². The molecule has 0 fully saturated rings. The molecule has 3 N–H and O–H groups in total. The Morgan fingerprint density at radius 3 is 2.23 bits per heavy atom. The van der Waals surface area contributed by atoms with Crippen LogP contribution >= 0.6 is 0 Å². The van der Waals surface area contributed by atoms with Crippen molar-refractivity contribution in [2.45, 2.75) is 6.61 Å². The molecular weight excluding hydrogens is 348 g/mol. The summed E-state index contributed by atoms with van der Waals surface area (Å²) in [5, 5.41) is 23.8. The summed E-state index contributed by atoms with van der Waals surface area (Å²) in [6, 6.07) is 9.00. The van der Waals surface area contributed by atoms with Crippen molar-refractivity contribution in [1.82, 2.24) is 0 Å². The lowest BCUT2D eigenvalue weighted by Crippen LogP contribution is -2.14. The molecule has 2 rings (SSSR count). The molecule has 136 valence electrons. The lowest BCUT2D eigenvalue weighted by Gasteiger charge is -2.11. The average Bonchev–Trinajstić information content (AvgIpc) is 2.61. The maximum Gasteiger partial charge on any atom is 0.411 e. The van der Waals surface area contributed by atoms with Crippen molar-refractivity contribution in [3.8, 4) is 5.75 Å². The third-order valence-electron chi connectivity index (χ3n) is 3.18. The lowest BCUT2D eigenvalue weighted by atomic mass is 10.2. The fourth-order valence-corrected chi connectivity index (χ4v) is 1.96. The molecule has 11 heteroatoms. The quantitative estimate of drug-likeness (QED) is 0.431. The Balaban J connectivity index is 2.00. The first kappa shape index (κ1) is 18.6. The number of ether oxygens (including phenoxy) is 2. The van der Waals surface area contributed by atoms with Crippen LogP contribution in [0.4, 0.5) is 21.9 Å². The van der Waals surface area contributed by atoms with Crippen molar-refractivity contribution in [3.63, 3.8) is 0 Å². The molecule has 0 aliphatic heterocycles. The van der Waals surface area contributed by atoms with Gasteiger partial charge in [0, 0.05) is 29.4 Å². The van der Waals surface area contributed by atoms with Crippen molar-refractivity contribution in [1.29, 1.82) is 0 Å². The topological polar surface area (TPSA) is 160 Å². The van der Waals surface area contributed by atoms with Crippen LogP contribution in [0.3, 0.4) is 0 Å². The summed E-state index contributed by atoms with van der Waals surface area (Å²) < 4.78 is 10.1. The summed E-state index contributed by atoms with van der Waals surface area (Å²) >= 11 is 0. The zero-order valence-corrected chi connectivity index (χ0v) is 13.3. The second-order valence-corrected chi connectivity index (χ2v) is 4.87. The van der Waals surface area contributed by atoms with Gasteiger partial charge in [0.05, 0.1) is 15.9 Å². The van der Waals surface area contributed by atoms with Gasteiger partial charge < -0.3 is 9.47 Å². The van der Waals surface area contributed by atoms with E-state index in [4.69, 9.17) is 15.2 Å². The predicted octanol–water partition coefficient (Wildman–Crippen LogP) is 2.55. The fourth-order valence-electron chi connectivity index (χ4n) is 1.96. The number of hydrogen-bond donors (Lipinski definition) is 2.